The van der Waals surface area contributed by atoms with Crippen LogP contribution in [0.25, 0.3) is 0 Å². The van der Waals surface area contributed by atoms with Crippen molar-refractivity contribution in [1.29, 1.82) is 0 Å². The minimum atomic E-state index is -1.48. The number of benzene rings is 2. The van der Waals surface area contributed by atoms with Gasteiger partial charge in [-0.15, -0.1) is 0 Å². The molecule has 104 valence electrons. The number of hydrogen-bond donors (Lipinski definition) is 2. The Balaban J connectivity index is 2.13. The Kier molecular flexibility index (Phi) is 4.94. The second kappa shape index (κ2) is 6.50. The summed E-state index contributed by atoms with van der Waals surface area (Å²) in [5.74, 6) is 0.658. The lowest BCUT2D eigenvalue weighted by atomic mass is 9.79. The van der Waals surface area contributed by atoms with Gasteiger partial charge in [0.25, 0.3) is 0 Å². The molecule has 0 amide bonds. The van der Waals surface area contributed by atoms with Gasteiger partial charge in [0.1, 0.15) is 12.4 Å². The van der Waals surface area contributed by atoms with Crippen LogP contribution < -0.4 is 10.2 Å². The first-order valence-corrected chi connectivity index (χ1v) is 6.77. The van der Waals surface area contributed by atoms with Crippen molar-refractivity contribution in [2.45, 2.75) is 13.5 Å². The fourth-order valence-corrected chi connectivity index (χ4v) is 2.19. The van der Waals surface area contributed by atoms with Crippen LogP contribution in [0, 0.1) is 6.92 Å². The predicted octanol–water partition coefficient (Wildman–Crippen LogP) is 2.56. The number of ether oxygens (including phenoxy) is 1. The van der Waals surface area contributed by atoms with Crippen molar-refractivity contribution in [2.24, 2.45) is 0 Å². The lowest BCUT2D eigenvalue weighted by molar-refractivity contribution is 0.304. The zero-order chi connectivity index (χ0) is 14.7. The lowest BCUT2D eigenvalue weighted by Gasteiger charge is -2.12. The Bertz CT molecular complexity index is 617. The van der Waals surface area contributed by atoms with E-state index in [0.717, 1.165) is 11.1 Å². The van der Waals surface area contributed by atoms with Gasteiger partial charge < -0.3 is 14.8 Å². The molecule has 0 heterocycles. The molecule has 0 unspecified atom stereocenters. The van der Waals surface area contributed by atoms with Crippen LogP contribution in [-0.4, -0.2) is 17.2 Å². The lowest BCUT2D eigenvalue weighted by Crippen LogP contribution is -2.29. The van der Waals surface area contributed by atoms with Crippen LogP contribution in [-0.2, 0) is 6.61 Å². The zero-order valence-corrected chi connectivity index (χ0v) is 12.3. The van der Waals surface area contributed by atoms with Gasteiger partial charge in [0, 0.05) is 5.56 Å². The fourth-order valence-electron chi connectivity index (χ4n) is 1.81. The molecule has 0 aliphatic heterocycles. The fraction of sp³-hybridized carbons (Fsp3) is 0.143. The molecule has 2 rings (SSSR count). The monoisotopic (exact) mass is 310 g/mol. The zero-order valence-electron chi connectivity index (χ0n) is 10.8. The van der Waals surface area contributed by atoms with Crippen molar-refractivity contribution in [1.82, 2.24) is 0 Å². The highest BCUT2D eigenvalue weighted by Crippen LogP contribution is 2.27. The highest BCUT2D eigenvalue weighted by Gasteiger charge is 2.12. The first-order valence-electron chi connectivity index (χ1n) is 6.01. The predicted molar refractivity (Wildman–Crippen MR) is 81.8 cm³/mol. The minimum Gasteiger partial charge on any atom is -0.489 e. The van der Waals surface area contributed by atoms with E-state index < -0.39 is 7.12 Å². The molecule has 6 heteroatoms. The highest BCUT2D eigenvalue weighted by atomic mass is 35.5. The first kappa shape index (κ1) is 15.2. The molecule has 2 aromatic carbocycles. The number of rotatable bonds is 4. The van der Waals surface area contributed by atoms with Crippen LogP contribution in [0.5, 0.6) is 5.75 Å². The van der Waals surface area contributed by atoms with E-state index in [-0.39, 0.29) is 0 Å². The van der Waals surface area contributed by atoms with Crippen molar-refractivity contribution >= 4 is 35.8 Å². The second-order valence-corrected chi connectivity index (χ2v) is 5.19. The average Bonchev–Trinajstić information content (AvgIpc) is 2.41. The second-order valence-electron chi connectivity index (χ2n) is 4.40. The molecule has 20 heavy (non-hydrogen) atoms. The molecular formula is C14H13BCl2O3. The van der Waals surface area contributed by atoms with Crippen molar-refractivity contribution in [3.63, 3.8) is 0 Å². The average molecular weight is 311 g/mol. The summed E-state index contributed by atoms with van der Waals surface area (Å²) in [5, 5.41) is 19.2. The molecule has 0 aromatic heterocycles. The summed E-state index contributed by atoms with van der Waals surface area (Å²) in [6, 6.07) is 10.3. The summed E-state index contributed by atoms with van der Waals surface area (Å²) in [4.78, 5) is 0. The van der Waals surface area contributed by atoms with Crippen molar-refractivity contribution in [2.75, 3.05) is 0 Å². The Morgan fingerprint density at radius 1 is 1.15 bits per heavy atom. The molecule has 2 N–H and O–H groups in total. The van der Waals surface area contributed by atoms with Gasteiger partial charge in [-0.05, 0) is 30.1 Å². The van der Waals surface area contributed by atoms with Crippen LogP contribution in [0.2, 0.25) is 10.0 Å². The molecule has 0 radical (unpaired) electrons. The highest BCUT2D eigenvalue weighted by molar-refractivity contribution is 6.58. The van der Waals surface area contributed by atoms with Crippen molar-refractivity contribution in [3.8, 4) is 5.75 Å². The van der Waals surface area contributed by atoms with E-state index in [2.05, 4.69) is 0 Å². The number of hydrogen-bond acceptors (Lipinski definition) is 3. The molecule has 0 aliphatic rings. The molecule has 3 nitrogen and oxygen atoms in total. The quantitative estimate of drug-likeness (QED) is 0.853. The van der Waals surface area contributed by atoms with Crippen molar-refractivity contribution < 1.29 is 14.8 Å². The summed E-state index contributed by atoms with van der Waals surface area (Å²) in [6.07, 6.45) is 0. The van der Waals surface area contributed by atoms with Gasteiger partial charge in [0.15, 0.2) is 0 Å². The molecule has 2 aromatic rings. The number of halogens is 2. The van der Waals surface area contributed by atoms with Gasteiger partial charge in [0.05, 0.1) is 10.0 Å². The third-order valence-corrected chi connectivity index (χ3v) is 3.77. The summed E-state index contributed by atoms with van der Waals surface area (Å²) in [6.45, 7) is 2.13. The van der Waals surface area contributed by atoms with Gasteiger partial charge in [-0.2, -0.15) is 0 Å². The maximum atomic E-state index is 9.10. The molecule has 0 spiro atoms. The standard InChI is InChI=1S/C14H13BCl2O3/c1-9-7-11(15(18)19)5-6-13(9)20-8-10-3-2-4-12(16)14(10)17/h2-7,18-19H,8H2,1H3. The van der Waals surface area contributed by atoms with Crippen LogP contribution >= 0.6 is 23.2 Å². The van der Waals surface area contributed by atoms with Gasteiger partial charge in [-0.3, -0.25) is 0 Å². The van der Waals surface area contributed by atoms with E-state index in [1.54, 1.807) is 24.3 Å². The molecular weight excluding hydrogens is 298 g/mol. The third kappa shape index (κ3) is 3.47. The Morgan fingerprint density at radius 2 is 1.90 bits per heavy atom. The smallest absolute Gasteiger partial charge is 0.488 e. The largest absolute Gasteiger partial charge is 0.489 e. The van der Waals surface area contributed by atoms with Crippen LogP contribution in [0.3, 0.4) is 0 Å². The Labute approximate surface area is 127 Å². The maximum Gasteiger partial charge on any atom is 0.488 e. The van der Waals surface area contributed by atoms with Gasteiger partial charge >= 0.3 is 7.12 Å². The Hall–Kier alpha value is -1.20. The van der Waals surface area contributed by atoms with Gasteiger partial charge in [-0.1, -0.05) is 47.5 Å². The maximum absolute atomic E-state index is 9.10. The SMILES string of the molecule is Cc1cc(B(O)O)ccc1OCc1cccc(Cl)c1Cl. The van der Waals surface area contributed by atoms with Gasteiger partial charge in [0.2, 0.25) is 0 Å². The summed E-state index contributed by atoms with van der Waals surface area (Å²) >= 11 is 12.0. The van der Waals surface area contributed by atoms with Gasteiger partial charge in [-0.25, -0.2) is 0 Å². The third-order valence-electron chi connectivity index (χ3n) is 2.91. The molecule has 0 atom stereocenters. The van der Waals surface area contributed by atoms with E-state index >= 15 is 0 Å². The van der Waals surface area contributed by atoms with Crippen LogP contribution in [0.4, 0.5) is 0 Å². The van der Waals surface area contributed by atoms with E-state index in [0.29, 0.717) is 27.9 Å². The van der Waals surface area contributed by atoms with E-state index in [4.69, 9.17) is 38.0 Å². The summed E-state index contributed by atoms with van der Waals surface area (Å²) in [7, 11) is -1.48. The number of aryl methyl sites for hydroxylation is 1. The topological polar surface area (TPSA) is 49.7 Å². The van der Waals surface area contributed by atoms with Crippen molar-refractivity contribution in [3.05, 3.63) is 57.6 Å². The summed E-state index contributed by atoms with van der Waals surface area (Å²) < 4.78 is 5.69. The Morgan fingerprint density at radius 3 is 2.55 bits per heavy atom. The van der Waals surface area contributed by atoms with Crippen LogP contribution in [0.15, 0.2) is 36.4 Å². The van der Waals surface area contributed by atoms with E-state index in [1.807, 2.05) is 19.1 Å². The molecule has 0 aliphatic carbocycles. The van der Waals surface area contributed by atoms with E-state index in [1.165, 1.54) is 0 Å². The molecule has 0 fully saturated rings. The normalized spacial score (nSPS) is 10.4. The first-order chi connectivity index (χ1) is 9.49. The van der Waals surface area contributed by atoms with Crippen LogP contribution in [0.1, 0.15) is 11.1 Å². The molecule has 0 saturated carbocycles. The van der Waals surface area contributed by atoms with E-state index in [9.17, 15) is 0 Å². The molecule has 0 saturated heterocycles. The molecule has 0 bridgehead atoms. The minimum absolute atomic E-state index is 0.293. The summed E-state index contributed by atoms with van der Waals surface area (Å²) in [5.41, 5.74) is 2.04.